The second kappa shape index (κ2) is 9.68. The molecule has 0 aliphatic carbocycles. The van der Waals surface area contributed by atoms with E-state index in [1.165, 1.54) is 11.3 Å². The zero-order valence-electron chi connectivity index (χ0n) is 15.0. The average molecular weight is 384 g/mol. The predicted molar refractivity (Wildman–Crippen MR) is 103 cm³/mol. The minimum Gasteiger partial charge on any atom is -0.494 e. The van der Waals surface area contributed by atoms with Gasteiger partial charge in [0.1, 0.15) is 29.7 Å². The summed E-state index contributed by atoms with van der Waals surface area (Å²) in [7, 11) is 0. The number of nitrogens with zero attached hydrogens (tertiary/aromatic N) is 2. The van der Waals surface area contributed by atoms with E-state index < -0.39 is 5.97 Å². The lowest BCUT2D eigenvalue weighted by Gasteiger charge is -2.06. The highest BCUT2D eigenvalue weighted by Crippen LogP contribution is 2.26. The molecule has 0 saturated carbocycles. The zero-order chi connectivity index (χ0) is 18.9. The van der Waals surface area contributed by atoms with Crippen molar-refractivity contribution in [2.24, 2.45) is 0 Å². The van der Waals surface area contributed by atoms with Gasteiger partial charge in [-0.3, -0.25) is 4.98 Å². The number of aromatic nitrogens is 2. The Hall–Kier alpha value is -2.93. The second-order valence-electron chi connectivity index (χ2n) is 5.58. The van der Waals surface area contributed by atoms with Crippen LogP contribution in [0.3, 0.4) is 0 Å². The smallest absolute Gasteiger partial charge is 0.357 e. The van der Waals surface area contributed by atoms with Crippen LogP contribution in [0.1, 0.15) is 23.8 Å². The molecule has 0 bridgehead atoms. The molecular weight excluding hydrogens is 364 g/mol. The molecule has 0 amide bonds. The molecule has 2 aromatic heterocycles. The van der Waals surface area contributed by atoms with E-state index in [2.05, 4.69) is 16.9 Å². The fourth-order valence-corrected chi connectivity index (χ4v) is 3.01. The third kappa shape index (κ3) is 5.52. The molecule has 3 aromatic rings. The van der Waals surface area contributed by atoms with Gasteiger partial charge in [-0.15, -0.1) is 11.3 Å². The molecule has 0 unspecified atom stereocenters. The summed E-state index contributed by atoms with van der Waals surface area (Å²) >= 11 is 1.40. The molecule has 0 N–H and O–H groups in total. The number of thiazole rings is 1. The summed E-state index contributed by atoms with van der Waals surface area (Å²) < 4.78 is 16.2. The number of carbonyl (C=O) groups is 1. The Morgan fingerprint density at radius 1 is 1.04 bits per heavy atom. The van der Waals surface area contributed by atoms with Crippen molar-refractivity contribution in [1.29, 1.82) is 0 Å². The highest BCUT2D eigenvalue weighted by atomic mass is 32.1. The number of ether oxygens (including phenoxy) is 3. The predicted octanol–water partition coefficient (Wildman–Crippen LogP) is 4.23. The van der Waals surface area contributed by atoms with E-state index in [0.29, 0.717) is 18.1 Å². The molecule has 0 atom stereocenters. The van der Waals surface area contributed by atoms with Crippen molar-refractivity contribution in [2.45, 2.75) is 13.3 Å². The molecular formula is C20H20N2O4S. The third-order valence-corrected chi connectivity index (χ3v) is 4.40. The van der Waals surface area contributed by atoms with E-state index >= 15 is 0 Å². The molecule has 0 radical (unpaired) electrons. The molecule has 1 aromatic carbocycles. The molecule has 0 spiro atoms. The second-order valence-corrected chi connectivity index (χ2v) is 6.44. The van der Waals surface area contributed by atoms with Crippen molar-refractivity contribution in [3.8, 4) is 22.1 Å². The van der Waals surface area contributed by atoms with Gasteiger partial charge in [-0.05, 0) is 42.8 Å². The first-order valence-corrected chi connectivity index (χ1v) is 9.53. The topological polar surface area (TPSA) is 70.5 Å². The minimum absolute atomic E-state index is 0.143. The summed E-state index contributed by atoms with van der Waals surface area (Å²) in [6, 6.07) is 11.2. The molecule has 6 nitrogen and oxygen atoms in total. The van der Waals surface area contributed by atoms with Crippen LogP contribution in [0.25, 0.3) is 10.6 Å². The van der Waals surface area contributed by atoms with E-state index in [9.17, 15) is 4.79 Å². The third-order valence-electron chi connectivity index (χ3n) is 3.51. The molecule has 0 saturated heterocycles. The monoisotopic (exact) mass is 384 g/mol. The van der Waals surface area contributed by atoms with Crippen molar-refractivity contribution in [1.82, 2.24) is 9.97 Å². The molecule has 0 aliphatic heterocycles. The molecule has 2 heterocycles. The highest BCUT2D eigenvalue weighted by Gasteiger charge is 2.13. The van der Waals surface area contributed by atoms with Crippen molar-refractivity contribution >= 4 is 17.3 Å². The number of benzene rings is 1. The van der Waals surface area contributed by atoms with Gasteiger partial charge in [-0.1, -0.05) is 6.92 Å². The first-order valence-electron chi connectivity index (χ1n) is 8.65. The number of esters is 1. The average Bonchev–Trinajstić information content (AvgIpc) is 3.21. The van der Waals surface area contributed by atoms with Gasteiger partial charge in [0.25, 0.3) is 0 Å². The van der Waals surface area contributed by atoms with Crippen molar-refractivity contribution in [3.05, 3.63) is 59.9 Å². The standard InChI is InChI=1S/C20H20N2O4S/c1-2-10-24-16-7-5-15(6-8-16)19-22-18(14-27-19)20(23)26-12-11-25-17-4-3-9-21-13-17/h3-9,13-14H,2,10-12H2,1H3. The largest absolute Gasteiger partial charge is 0.494 e. The van der Waals surface area contributed by atoms with Gasteiger partial charge in [0.05, 0.1) is 12.8 Å². The molecule has 0 fully saturated rings. The number of hydrogen-bond acceptors (Lipinski definition) is 7. The van der Waals surface area contributed by atoms with Gasteiger partial charge in [-0.2, -0.15) is 0 Å². The summed E-state index contributed by atoms with van der Waals surface area (Å²) in [5.74, 6) is 0.997. The Balaban J connectivity index is 1.50. The SMILES string of the molecule is CCCOc1ccc(-c2nc(C(=O)OCCOc3cccnc3)cs2)cc1. The Bertz CT molecular complexity index is 850. The van der Waals surface area contributed by atoms with Crippen LogP contribution in [0.4, 0.5) is 0 Å². The lowest BCUT2D eigenvalue weighted by molar-refractivity contribution is 0.0444. The summed E-state index contributed by atoms with van der Waals surface area (Å²) in [4.78, 5) is 20.4. The maximum absolute atomic E-state index is 12.1. The van der Waals surface area contributed by atoms with Crippen LogP contribution in [0.5, 0.6) is 11.5 Å². The van der Waals surface area contributed by atoms with Crippen molar-refractivity contribution in [3.63, 3.8) is 0 Å². The first-order chi connectivity index (χ1) is 13.3. The molecule has 3 rings (SSSR count). The fourth-order valence-electron chi connectivity index (χ4n) is 2.21. The van der Waals surface area contributed by atoms with E-state index in [0.717, 1.165) is 22.7 Å². The van der Waals surface area contributed by atoms with Gasteiger partial charge < -0.3 is 14.2 Å². The van der Waals surface area contributed by atoms with Crippen molar-refractivity contribution < 1.29 is 19.0 Å². The normalized spacial score (nSPS) is 10.4. The lowest BCUT2D eigenvalue weighted by Crippen LogP contribution is -2.12. The van der Waals surface area contributed by atoms with Crippen LogP contribution in [-0.4, -0.2) is 35.8 Å². The van der Waals surface area contributed by atoms with Crippen LogP contribution in [0.2, 0.25) is 0 Å². The Kier molecular flexibility index (Phi) is 6.76. The number of rotatable bonds is 9. The van der Waals surface area contributed by atoms with Crippen LogP contribution < -0.4 is 9.47 Å². The zero-order valence-corrected chi connectivity index (χ0v) is 15.8. The fraction of sp³-hybridized carbons (Fsp3) is 0.250. The summed E-state index contributed by atoms with van der Waals surface area (Å²) in [6.07, 6.45) is 4.23. The van der Waals surface area contributed by atoms with Crippen molar-refractivity contribution in [2.75, 3.05) is 19.8 Å². The van der Waals surface area contributed by atoms with Crippen LogP contribution >= 0.6 is 11.3 Å². The maximum Gasteiger partial charge on any atom is 0.357 e. The first kappa shape index (κ1) is 18.8. The van der Waals surface area contributed by atoms with E-state index in [-0.39, 0.29) is 13.2 Å². The molecule has 7 heteroatoms. The number of hydrogen-bond donors (Lipinski definition) is 0. The Morgan fingerprint density at radius 3 is 2.59 bits per heavy atom. The minimum atomic E-state index is -0.463. The number of carbonyl (C=O) groups excluding carboxylic acids is 1. The molecule has 0 aliphatic rings. The summed E-state index contributed by atoms with van der Waals surface area (Å²) in [6.45, 7) is 3.16. The highest BCUT2D eigenvalue weighted by molar-refractivity contribution is 7.13. The van der Waals surface area contributed by atoms with Crippen LogP contribution in [0, 0.1) is 0 Å². The molecule has 27 heavy (non-hydrogen) atoms. The van der Waals surface area contributed by atoms with Gasteiger partial charge >= 0.3 is 5.97 Å². The maximum atomic E-state index is 12.1. The van der Waals surface area contributed by atoms with Crippen LogP contribution in [0.15, 0.2) is 54.2 Å². The van der Waals surface area contributed by atoms with Gasteiger partial charge in [0.15, 0.2) is 5.69 Å². The summed E-state index contributed by atoms with van der Waals surface area (Å²) in [5.41, 5.74) is 1.23. The van der Waals surface area contributed by atoms with E-state index in [1.807, 2.05) is 24.3 Å². The van der Waals surface area contributed by atoms with E-state index in [4.69, 9.17) is 14.2 Å². The lowest BCUT2D eigenvalue weighted by atomic mass is 10.2. The van der Waals surface area contributed by atoms with Gasteiger partial charge in [0.2, 0.25) is 0 Å². The van der Waals surface area contributed by atoms with Gasteiger partial charge in [-0.25, -0.2) is 9.78 Å². The quantitative estimate of drug-likeness (QED) is 0.406. The Morgan fingerprint density at radius 2 is 1.85 bits per heavy atom. The van der Waals surface area contributed by atoms with Gasteiger partial charge in [0, 0.05) is 17.1 Å². The molecule has 140 valence electrons. The number of pyridine rings is 1. The van der Waals surface area contributed by atoms with Crippen LogP contribution in [-0.2, 0) is 4.74 Å². The van der Waals surface area contributed by atoms with E-state index in [1.54, 1.807) is 29.9 Å². The summed E-state index contributed by atoms with van der Waals surface area (Å²) in [5, 5.41) is 2.46. The Labute approximate surface area is 161 Å².